The van der Waals surface area contributed by atoms with Gasteiger partial charge in [-0.25, -0.2) is 8.78 Å². The predicted octanol–water partition coefficient (Wildman–Crippen LogP) is 1.44. The average molecular weight is 245 g/mol. The highest BCUT2D eigenvalue weighted by Gasteiger charge is 2.15. The Kier molecular flexibility index (Phi) is 4.19. The summed E-state index contributed by atoms with van der Waals surface area (Å²) >= 11 is 0. The van der Waals surface area contributed by atoms with Crippen LogP contribution in [0.3, 0.4) is 0 Å². The number of aromatic nitrogens is 1. The summed E-state index contributed by atoms with van der Waals surface area (Å²) in [6.07, 6.45) is -2.59. The monoisotopic (exact) mass is 245 g/mol. The van der Waals surface area contributed by atoms with Crippen LogP contribution in [-0.4, -0.2) is 29.1 Å². The minimum atomic E-state index is -2.59. The third-order valence-corrected chi connectivity index (χ3v) is 2.02. The first-order valence-electron chi connectivity index (χ1n) is 4.82. The molecule has 0 amide bonds. The van der Waals surface area contributed by atoms with E-state index in [-0.39, 0.29) is 17.1 Å². The van der Waals surface area contributed by atoms with Gasteiger partial charge in [-0.2, -0.15) is 0 Å². The van der Waals surface area contributed by atoms with Gasteiger partial charge in [-0.15, -0.1) is 0 Å². The van der Waals surface area contributed by atoms with E-state index in [1.165, 1.54) is 6.07 Å². The van der Waals surface area contributed by atoms with E-state index in [2.05, 4.69) is 10.1 Å². The summed E-state index contributed by atoms with van der Waals surface area (Å²) in [5.41, 5.74) is 6.71. The Hall–Kier alpha value is -1.92. The second kappa shape index (κ2) is 5.42. The number of hydrogen-bond acceptors (Lipinski definition) is 4. The fourth-order valence-electron chi connectivity index (χ4n) is 1.42. The Bertz CT molecular complexity index is 436. The Morgan fingerprint density at radius 3 is 2.76 bits per heavy atom. The van der Waals surface area contributed by atoms with Crippen LogP contribution in [0.2, 0.25) is 0 Å². The van der Waals surface area contributed by atoms with E-state index in [1.807, 2.05) is 0 Å². The fourth-order valence-corrected chi connectivity index (χ4v) is 1.42. The summed E-state index contributed by atoms with van der Waals surface area (Å²) in [7, 11) is 0. The van der Waals surface area contributed by atoms with E-state index in [0.29, 0.717) is 11.4 Å². The maximum Gasteiger partial charge on any atom is 0.272 e. The smallest absolute Gasteiger partial charge is 0.272 e. The van der Waals surface area contributed by atoms with Crippen molar-refractivity contribution >= 4 is 5.84 Å². The van der Waals surface area contributed by atoms with E-state index >= 15 is 0 Å². The van der Waals surface area contributed by atoms with Crippen LogP contribution in [0, 0.1) is 13.8 Å². The van der Waals surface area contributed by atoms with Crippen LogP contribution < -0.4 is 10.5 Å². The van der Waals surface area contributed by atoms with E-state index < -0.39 is 13.0 Å². The second-order valence-electron chi connectivity index (χ2n) is 3.41. The van der Waals surface area contributed by atoms with Crippen molar-refractivity contribution in [3.05, 3.63) is 23.0 Å². The van der Waals surface area contributed by atoms with E-state index in [0.717, 1.165) is 0 Å². The molecule has 0 atom stereocenters. The van der Waals surface area contributed by atoms with Gasteiger partial charge in [0.2, 0.25) is 0 Å². The molecule has 94 valence electrons. The molecule has 3 N–H and O–H groups in total. The van der Waals surface area contributed by atoms with Crippen molar-refractivity contribution in [3.63, 3.8) is 0 Å². The van der Waals surface area contributed by atoms with Crippen LogP contribution in [0.1, 0.15) is 17.0 Å². The topological polar surface area (TPSA) is 80.7 Å². The number of halogens is 2. The molecule has 0 aliphatic rings. The Balaban J connectivity index is 3.16. The maximum atomic E-state index is 12.1. The Morgan fingerprint density at radius 1 is 1.59 bits per heavy atom. The molecule has 17 heavy (non-hydrogen) atoms. The van der Waals surface area contributed by atoms with Gasteiger partial charge in [0.15, 0.2) is 5.84 Å². The summed E-state index contributed by atoms with van der Waals surface area (Å²) in [4.78, 5) is 4.09. The molecule has 0 fully saturated rings. The van der Waals surface area contributed by atoms with Crippen LogP contribution >= 0.6 is 0 Å². The molecule has 0 saturated carbocycles. The van der Waals surface area contributed by atoms with Crippen molar-refractivity contribution < 1.29 is 18.7 Å². The SMILES string of the molecule is Cc1cc(OCC(F)F)c(/C(N)=N/O)c(C)n1. The number of aryl methyl sites for hydroxylation is 2. The first-order chi connectivity index (χ1) is 7.95. The van der Waals surface area contributed by atoms with E-state index in [9.17, 15) is 8.78 Å². The van der Waals surface area contributed by atoms with Crippen molar-refractivity contribution in [2.75, 3.05) is 6.61 Å². The lowest BCUT2D eigenvalue weighted by molar-refractivity contribution is 0.0817. The largest absolute Gasteiger partial charge is 0.487 e. The summed E-state index contributed by atoms with van der Waals surface area (Å²) in [6, 6.07) is 1.46. The van der Waals surface area contributed by atoms with Gasteiger partial charge in [-0.3, -0.25) is 4.98 Å². The third kappa shape index (κ3) is 3.27. The van der Waals surface area contributed by atoms with Gasteiger partial charge in [-0.1, -0.05) is 5.16 Å². The predicted molar refractivity (Wildman–Crippen MR) is 57.7 cm³/mol. The van der Waals surface area contributed by atoms with Gasteiger partial charge in [0.1, 0.15) is 12.4 Å². The lowest BCUT2D eigenvalue weighted by Crippen LogP contribution is -2.19. The summed E-state index contributed by atoms with van der Waals surface area (Å²) < 4.78 is 29.1. The number of alkyl halides is 2. The number of nitrogens with two attached hydrogens (primary N) is 1. The van der Waals surface area contributed by atoms with Gasteiger partial charge in [0.05, 0.1) is 11.3 Å². The first kappa shape index (κ1) is 13.1. The quantitative estimate of drug-likeness (QED) is 0.364. The fraction of sp³-hybridized carbons (Fsp3) is 0.400. The molecule has 0 aromatic carbocycles. The zero-order valence-corrected chi connectivity index (χ0v) is 9.44. The lowest BCUT2D eigenvalue weighted by atomic mass is 10.1. The molecule has 1 aromatic heterocycles. The zero-order valence-electron chi connectivity index (χ0n) is 9.44. The second-order valence-corrected chi connectivity index (χ2v) is 3.41. The lowest BCUT2D eigenvalue weighted by Gasteiger charge is -2.13. The van der Waals surface area contributed by atoms with Crippen LogP contribution in [0.5, 0.6) is 5.75 Å². The highest BCUT2D eigenvalue weighted by molar-refractivity contribution is 6.00. The molecule has 0 aliphatic heterocycles. The Labute approximate surface area is 96.9 Å². The average Bonchev–Trinajstić information content (AvgIpc) is 2.24. The summed E-state index contributed by atoms with van der Waals surface area (Å²) in [5, 5.41) is 11.4. The van der Waals surface area contributed by atoms with Gasteiger partial charge < -0.3 is 15.7 Å². The number of amidine groups is 1. The standard InChI is InChI=1S/C10H13F2N3O2/c1-5-3-7(17-4-8(11)12)9(6(2)14-5)10(13)15-16/h3,8,16H,4H2,1-2H3,(H2,13,15). The molecule has 0 bridgehead atoms. The molecule has 0 aliphatic carbocycles. The Morgan fingerprint density at radius 2 is 2.24 bits per heavy atom. The number of ether oxygens (including phenoxy) is 1. The minimum absolute atomic E-state index is 0.130. The number of pyridine rings is 1. The maximum absolute atomic E-state index is 12.1. The number of nitrogens with zero attached hydrogens (tertiary/aromatic N) is 2. The molecule has 7 heteroatoms. The molecular weight excluding hydrogens is 232 g/mol. The van der Waals surface area contributed by atoms with Crippen molar-refractivity contribution in [2.45, 2.75) is 20.3 Å². The first-order valence-corrected chi connectivity index (χ1v) is 4.82. The normalized spacial score (nSPS) is 11.9. The molecule has 0 unspecified atom stereocenters. The number of hydrogen-bond donors (Lipinski definition) is 2. The molecule has 1 rings (SSSR count). The molecule has 1 heterocycles. The van der Waals surface area contributed by atoms with Gasteiger partial charge >= 0.3 is 0 Å². The molecule has 0 saturated heterocycles. The van der Waals surface area contributed by atoms with Crippen molar-refractivity contribution in [1.29, 1.82) is 0 Å². The minimum Gasteiger partial charge on any atom is -0.487 e. The number of rotatable bonds is 4. The van der Waals surface area contributed by atoms with Crippen LogP contribution in [0.25, 0.3) is 0 Å². The molecule has 1 aromatic rings. The highest BCUT2D eigenvalue weighted by atomic mass is 19.3. The molecular formula is C10H13F2N3O2. The van der Waals surface area contributed by atoms with Gasteiger partial charge in [0, 0.05) is 11.8 Å². The van der Waals surface area contributed by atoms with Crippen LogP contribution in [0.15, 0.2) is 11.2 Å². The molecule has 5 nitrogen and oxygen atoms in total. The summed E-state index contributed by atoms with van der Waals surface area (Å²) in [5.74, 6) is -0.0927. The van der Waals surface area contributed by atoms with Crippen molar-refractivity contribution in [2.24, 2.45) is 10.9 Å². The van der Waals surface area contributed by atoms with Crippen LogP contribution in [0.4, 0.5) is 8.78 Å². The van der Waals surface area contributed by atoms with Crippen LogP contribution in [-0.2, 0) is 0 Å². The highest BCUT2D eigenvalue weighted by Crippen LogP contribution is 2.22. The molecule has 0 radical (unpaired) electrons. The molecule has 0 spiro atoms. The van der Waals surface area contributed by atoms with E-state index in [4.69, 9.17) is 15.7 Å². The van der Waals surface area contributed by atoms with Gasteiger partial charge in [-0.05, 0) is 13.8 Å². The van der Waals surface area contributed by atoms with E-state index in [1.54, 1.807) is 13.8 Å². The third-order valence-electron chi connectivity index (χ3n) is 2.02. The number of oxime groups is 1. The van der Waals surface area contributed by atoms with Crippen molar-refractivity contribution in [1.82, 2.24) is 4.98 Å². The zero-order chi connectivity index (χ0) is 13.0. The van der Waals surface area contributed by atoms with Crippen molar-refractivity contribution in [3.8, 4) is 5.75 Å². The summed E-state index contributed by atoms with van der Waals surface area (Å²) in [6.45, 7) is 2.56. The van der Waals surface area contributed by atoms with Gasteiger partial charge in [0.25, 0.3) is 6.43 Å².